The van der Waals surface area contributed by atoms with Crippen molar-refractivity contribution in [2.45, 2.75) is 38.9 Å². The van der Waals surface area contributed by atoms with Gasteiger partial charge in [-0.3, -0.25) is 9.59 Å². The molecule has 0 heterocycles. The van der Waals surface area contributed by atoms with Crippen molar-refractivity contribution in [1.82, 2.24) is 0 Å². The van der Waals surface area contributed by atoms with Crippen LogP contribution in [0.3, 0.4) is 0 Å². The number of rotatable bonds is 6. The van der Waals surface area contributed by atoms with E-state index in [1.165, 1.54) is 7.11 Å². The molecule has 1 aromatic rings. The van der Waals surface area contributed by atoms with Crippen molar-refractivity contribution in [3.63, 3.8) is 0 Å². The molecule has 0 unspecified atom stereocenters. The molecule has 0 aromatic heterocycles. The zero-order valence-corrected chi connectivity index (χ0v) is 11.9. The monoisotopic (exact) mass is 276 g/mol. The standard InChI is InChI=1S/C16H20O4/c1-3-14(17)16(15(18)19-2)9-13(10-16)20-11-12-7-5-4-6-8-12/h4-8,13H,3,9-11H2,1-2H3. The van der Waals surface area contributed by atoms with Gasteiger partial charge >= 0.3 is 5.97 Å². The van der Waals surface area contributed by atoms with Crippen LogP contribution in [-0.4, -0.2) is 25.0 Å². The third-order valence-corrected chi connectivity index (χ3v) is 3.91. The van der Waals surface area contributed by atoms with Gasteiger partial charge in [0.1, 0.15) is 11.2 Å². The Hall–Kier alpha value is -1.68. The maximum Gasteiger partial charge on any atom is 0.319 e. The number of benzene rings is 1. The second-order valence-corrected chi connectivity index (χ2v) is 5.18. The van der Waals surface area contributed by atoms with Crippen LogP contribution >= 0.6 is 0 Å². The molecule has 1 saturated carbocycles. The molecule has 108 valence electrons. The highest BCUT2D eigenvalue weighted by Crippen LogP contribution is 2.45. The Balaban J connectivity index is 1.90. The third kappa shape index (κ3) is 2.75. The lowest BCUT2D eigenvalue weighted by atomic mass is 9.63. The van der Waals surface area contributed by atoms with Crippen LogP contribution in [0.1, 0.15) is 31.7 Å². The van der Waals surface area contributed by atoms with Gasteiger partial charge in [0.25, 0.3) is 0 Å². The second kappa shape index (κ2) is 6.18. The number of ketones is 1. The largest absolute Gasteiger partial charge is 0.468 e. The van der Waals surface area contributed by atoms with E-state index in [2.05, 4.69) is 0 Å². The average Bonchev–Trinajstić information content (AvgIpc) is 2.46. The molecule has 2 rings (SSSR count). The summed E-state index contributed by atoms with van der Waals surface area (Å²) in [7, 11) is 1.32. The lowest BCUT2D eigenvalue weighted by molar-refractivity contribution is -0.177. The second-order valence-electron chi connectivity index (χ2n) is 5.18. The summed E-state index contributed by atoms with van der Waals surface area (Å²) < 4.78 is 10.5. The number of carbonyl (C=O) groups is 2. The maximum atomic E-state index is 12.0. The fourth-order valence-electron chi connectivity index (χ4n) is 2.67. The summed E-state index contributed by atoms with van der Waals surface area (Å²) in [4.78, 5) is 23.8. The van der Waals surface area contributed by atoms with Crippen molar-refractivity contribution in [1.29, 1.82) is 0 Å². The van der Waals surface area contributed by atoms with E-state index in [4.69, 9.17) is 9.47 Å². The third-order valence-electron chi connectivity index (χ3n) is 3.91. The fourth-order valence-corrected chi connectivity index (χ4v) is 2.67. The lowest BCUT2D eigenvalue weighted by Gasteiger charge is -2.43. The first-order valence-electron chi connectivity index (χ1n) is 6.89. The van der Waals surface area contributed by atoms with Gasteiger partial charge < -0.3 is 9.47 Å². The number of Topliss-reactive ketones (excluding diaryl/α,β-unsaturated/α-hetero) is 1. The number of hydrogen-bond donors (Lipinski definition) is 0. The van der Waals surface area contributed by atoms with Crippen LogP contribution in [0, 0.1) is 5.41 Å². The summed E-state index contributed by atoms with van der Waals surface area (Å²) >= 11 is 0. The number of ether oxygens (including phenoxy) is 2. The molecule has 1 aliphatic carbocycles. The summed E-state index contributed by atoms with van der Waals surface area (Å²) in [6.07, 6.45) is 1.16. The van der Waals surface area contributed by atoms with E-state index in [-0.39, 0.29) is 11.9 Å². The highest BCUT2D eigenvalue weighted by molar-refractivity contribution is 6.04. The van der Waals surface area contributed by atoms with Crippen LogP contribution in [0.4, 0.5) is 0 Å². The first-order chi connectivity index (χ1) is 9.62. The van der Waals surface area contributed by atoms with Crippen molar-refractivity contribution in [3.05, 3.63) is 35.9 Å². The molecule has 0 spiro atoms. The minimum absolute atomic E-state index is 0.0511. The highest BCUT2D eigenvalue weighted by atomic mass is 16.5. The predicted molar refractivity (Wildman–Crippen MR) is 74.0 cm³/mol. The van der Waals surface area contributed by atoms with Gasteiger partial charge in [-0.2, -0.15) is 0 Å². The van der Waals surface area contributed by atoms with Gasteiger partial charge in [-0.15, -0.1) is 0 Å². The topological polar surface area (TPSA) is 52.6 Å². The maximum absolute atomic E-state index is 12.0. The summed E-state index contributed by atoms with van der Waals surface area (Å²) in [6, 6.07) is 9.85. The molecule has 0 saturated heterocycles. The Labute approximate surface area is 119 Å². The molecule has 0 bridgehead atoms. The van der Waals surface area contributed by atoms with E-state index in [0.717, 1.165) is 5.56 Å². The quantitative estimate of drug-likeness (QED) is 0.591. The molecule has 0 N–H and O–H groups in total. The van der Waals surface area contributed by atoms with Gasteiger partial charge in [-0.25, -0.2) is 0 Å². The number of carbonyl (C=O) groups excluding carboxylic acids is 2. The molecule has 0 aliphatic heterocycles. The van der Waals surface area contributed by atoms with Crippen molar-refractivity contribution >= 4 is 11.8 Å². The Morgan fingerprint density at radius 1 is 1.25 bits per heavy atom. The average molecular weight is 276 g/mol. The Kier molecular flexibility index (Phi) is 4.55. The smallest absolute Gasteiger partial charge is 0.319 e. The van der Waals surface area contributed by atoms with Crippen molar-refractivity contribution in [3.8, 4) is 0 Å². The molecule has 0 atom stereocenters. The minimum atomic E-state index is -0.967. The van der Waals surface area contributed by atoms with Gasteiger partial charge in [-0.1, -0.05) is 37.3 Å². The number of hydrogen-bond acceptors (Lipinski definition) is 4. The zero-order chi connectivity index (χ0) is 14.6. The van der Waals surface area contributed by atoms with E-state index >= 15 is 0 Å². The summed E-state index contributed by atoms with van der Waals surface area (Å²) in [5, 5.41) is 0. The van der Waals surface area contributed by atoms with Gasteiger partial charge in [0, 0.05) is 6.42 Å². The minimum Gasteiger partial charge on any atom is -0.468 e. The van der Waals surface area contributed by atoms with Crippen LogP contribution < -0.4 is 0 Å². The predicted octanol–water partition coefficient (Wildman–Crippen LogP) is 2.50. The first-order valence-corrected chi connectivity index (χ1v) is 6.89. The molecule has 20 heavy (non-hydrogen) atoms. The van der Waals surface area contributed by atoms with Gasteiger partial charge in [0.15, 0.2) is 0 Å². The van der Waals surface area contributed by atoms with Crippen molar-refractivity contribution in [2.75, 3.05) is 7.11 Å². The molecule has 4 heteroatoms. The zero-order valence-electron chi connectivity index (χ0n) is 11.9. The van der Waals surface area contributed by atoms with E-state index in [0.29, 0.717) is 25.9 Å². The molecular weight excluding hydrogens is 256 g/mol. The van der Waals surface area contributed by atoms with Gasteiger partial charge in [0.2, 0.25) is 0 Å². The molecular formula is C16H20O4. The molecule has 1 fully saturated rings. The summed E-state index contributed by atoms with van der Waals surface area (Å²) in [5.41, 5.74) is 0.120. The van der Waals surface area contributed by atoms with Gasteiger partial charge in [-0.05, 0) is 18.4 Å². The molecule has 1 aliphatic rings. The van der Waals surface area contributed by atoms with E-state index < -0.39 is 11.4 Å². The Bertz CT molecular complexity index is 457. The number of methoxy groups -OCH3 is 1. The van der Waals surface area contributed by atoms with Crippen molar-refractivity contribution in [2.24, 2.45) is 5.41 Å². The lowest BCUT2D eigenvalue weighted by Crippen LogP contribution is -2.53. The van der Waals surface area contributed by atoms with Crippen molar-refractivity contribution < 1.29 is 19.1 Å². The number of esters is 1. The highest BCUT2D eigenvalue weighted by Gasteiger charge is 2.56. The molecule has 0 amide bonds. The fraction of sp³-hybridized carbons (Fsp3) is 0.500. The molecule has 0 radical (unpaired) electrons. The normalized spacial score (nSPS) is 24.8. The SMILES string of the molecule is CCC(=O)C1(C(=O)OC)CC(OCc2ccccc2)C1. The Morgan fingerprint density at radius 2 is 1.90 bits per heavy atom. The van der Waals surface area contributed by atoms with E-state index in [1.807, 2.05) is 30.3 Å². The first kappa shape index (κ1) is 14.7. The van der Waals surface area contributed by atoms with Crippen LogP contribution in [-0.2, 0) is 25.7 Å². The van der Waals surface area contributed by atoms with E-state index in [9.17, 15) is 9.59 Å². The summed E-state index contributed by atoms with van der Waals surface area (Å²) in [5.74, 6) is -0.479. The van der Waals surface area contributed by atoms with Crippen LogP contribution in [0.25, 0.3) is 0 Å². The van der Waals surface area contributed by atoms with E-state index in [1.54, 1.807) is 6.92 Å². The van der Waals surface area contributed by atoms with Gasteiger partial charge in [0.05, 0.1) is 19.8 Å². The molecule has 4 nitrogen and oxygen atoms in total. The summed E-state index contributed by atoms with van der Waals surface area (Å²) in [6.45, 7) is 2.27. The molecule has 1 aromatic carbocycles. The van der Waals surface area contributed by atoms with Crippen LogP contribution in [0.2, 0.25) is 0 Å². The van der Waals surface area contributed by atoms with Crippen LogP contribution in [0.5, 0.6) is 0 Å². The van der Waals surface area contributed by atoms with Crippen LogP contribution in [0.15, 0.2) is 30.3 Å². The Morgan fingerprint density at radius 3 is 2.45 bits per heavy atom.